The van der Waals surface area contributed by atoms with Gasteiger partial charge >= 0.3 is 5.97 Å². The number of carboxylic acids is 1. The van der Waals surface area contributed by atoms with E-state index < -0.39 is 12.0 Å². The third-order valence-electron chi connectivity index (χ3n) is 2.23. The van der Waals surface area contributed by atoms with E-state index in [0.717, 1.165) is 0 Å². The van der Waals surface area contributed by atoms with Crippen LogP contribution in [0.5, 0.6) is 0 Å². The van der Waals surface area contributed by atoms with Crippen LogP contribution in [0.4, 0.5) is 0 Å². The molecule has 0 aliphatic rings. The van der Waals surface area contributed by atoms with E-state index >= 15 is 0 Å². The van der Waals surface area contributed by atoms with E-state index in [-0.39, 0.29) is 12.3 Å². The number of carboxylic acid groups (broad SMARTS) is 1. The zero-order valence-electron chi connectivity index (χ0n) is 10.4. The Hall–Kier alpha value is -1.14. The molecule has 100 valence electrons. The highest BCUT2D eigenvalue weighted by Gasteiger charge is 2.18. The van der Waals surface area contributed by atoms with Gasteiger partial charge in [-0.25, -0.2) is 4.79 Å². The van der Waals surface area contributed by atoms with Gasteiger partial charge in [0.1, 0.15) is 6.04 Å². The number of amides is 1. The van der Waals surface area contributed by atoms with Gasteiger partial charge in [0.25, 0.3) is 0 Å². The Bertz CT molecular complexity index is 232. The van der Waals surface area contributed by atoms with Gasteiger partial charge in [0.15, 0.2) is 0 Å². The molecule has 0 aromatic rings. The van der Waals surface area contributed by atoms with Crippen LogP contribution in [0.1, 0.15) is 25.7 Å². The van der Waals surface area contributed by atoms with Crippen LogP contribution in [0.15, 0.2) is 0 Å². The van der Waals surface area contributed by atoms with Crippen LogP contribution >= 0.6 is 0 Å². The standard InChI is InChI=1S/C11H21NO5/c1-16-7-3-5-9(11(14)15)12-10(13)6-4-8-17-2/h9H,3-8H2,1-2H3,(H,12,13)(H,14,15). The molecule has 0 aliphatic heterocycles. The molecule has 0 saturated heterocycles. The zero-order valence-corrected chi connectivity index (χ0v) is 10.4. The summed E-state index contributed by atoms with van der Waals surface area (Å²) < 4.78 is 9.65. The second-order valence-corrected chi connectivity index (χ2v) is 3.69. The lowest BCUT2D eigenvalue weighted by atomic mass is 10.1. The Labute approximate surface area is 101 Å². The maximum absolute atomic E-state index is 11.4. The van der Waals surface area contributed by atoms with E-state index in [4.69, 9.17) is 14.6 Å². The van der Waals surface area contributed by atoms with Crippen LogP contribution in [-0.2, 0) is 19.1 Å². The molecular formula is C11H21NO5. The van der Waals surface area contributed by atoms with Gasteiger partial charge in [-0.1, -0.05) is 0 Å². The lowest BCUT2D eigenvalue weighted by Crippen LogP contribution is -2.40. The van der Waals surface area contributed by atoms with Gasteiger partial charge in [-0.3, -0.25) is 4.79 Å². The van der Waals surface area contributed by atoms with Crippen molar-refractivity contribution in [1.29, 1.82) is 0 Å². The molecule has 2 N–H and O–H groups in total. The van der Waals surface area contributed by atoms with E-state index in [9.17, 15) is 9.59 Å². The van der Waals surface area contributed by atoms with Crippen LogP contribution in [0.25, 0.3) is 0 Å². The van der Waals surface area contributed by atoms with Gasteiger partial charge in [0.2, 0.25) is 5.91 Å². The lowest BCUT2D eigenvalue weighted by Gasteiger charge is -2.14. The van der Waals surface area contributed by atoms with Crippen LogP contribution in [-0.4, -0.2) is 50.5 Å². The maximum atomic E-state index is 11.4. The van der Waals surface area contributed by atoms with Crippen LogP contribution in [0, 0.1) is 0 Å². The summed E-state index contributed by atoms with van der Waals surface area (Å²) in [6.07, 6.45) is 1.85. The Balaban J connectivity index is 3.89. The number of nitrogens with one attached hydrogen (secondary N) is 1. The monoisotopic (exact) mass is 247 g/mol. The fourth-order valence-electron chi connectivity index (χ4n) is 1.33. The molecule has 0 saturated carbocycles. The molecule has 0 aliphatic carbocycles. The van der Waals surface area contributed by atoms with Crippen molar-refractivity contribution in [2.24, 2.45) is 0 Å². The highest BCUT2D eigenvalue weighted by atomic mass is 16.5. The average Bonchev–Trinajstić information content (AvgIpc) is 2.28. The third-order valence-corrected chi connectivity index (χ3v) is 2.23. The Morgan fingerprint density at radius 3 is 2.29 bits per heavy atom. The van der Waals surface area contributed by atoms with Crippen molar-refractivity contribution < 1.29 is 24.2 Å². The van der Waals surface area contributed by atoms with Gasteiger partial charge < -0.3 is 19.9 Å². The molecule has 1 atom stereocenters. The number of rotatable bonds is 10. The lowest BCUT2D eigenvalue weighted by molar-refractivity contribution is -0.142. The summed E-state index contributed by atoms with van der Waals surface area (Å²) in [6.45, 7) is 0.984. The predicted octanol–water partition coefficient (Wildman–Crippen LogP) is 0.409. The van der Waals surface area contributed by atoms with Crippen molar-refractivity contribution in [2.75, 3.05) is 27.4 Å². The largest absolute Gasteiger partial charge is 0.480 e. The molecule has 0 aromatic heterocycles. The third kappa shape index (κ3) is 8.65. The van der Waals surface area contributed by atoms with E-state index in [2.05, 4.69) is 5.32 Å². The molecule has 1 amide bonds. The quantitative estimate of drug-likeness (QED) is 0.546. The molecule has 1 unspecified atom stereocenters. The average molecular weight is 247 g/mol. The van der Waals surface area contributed by atoms with Gasteiger partial charge in [-0.05, 0) is 19.3 Å². The van der Waals surface area contributed by atoms with E-state index in [0.29, 0.717) is 32.5 Å². The first kappa shape index (κ1) is 15.9. The Kier molecular flexibility index (Phi) is 9.37. The molecule has 6 nitrogen and oxygen atoms in total. The first-order chi connectivity index (χ1) is 8.11. The first-order valence-corrected chi connectivity index (χ1v) is 5.61. The van der Waals surface area contributed by atoms with Crippen molar-refractivity contribution in [3.05, 3.63) is 0 Å². The van der Waals surface area contributed by atoms with E-state index in [1.807, 2.05) is 0 Å². The summed E-state index contributed by atoms with van der Waals surface area (Å²) in [5.41, 5.74) is 0. The smallest absolute Gasteiger partial charge is 0.326 e. The topological polar surface area (TPSA) is 84.9 Å². The molecule has 6 heteroatoms. The minimum atomic E-state index is -1.01. The molecule has 0 aromatic carbocycles. The number of ether oxygens (including phenoxy) is 2. The number of carbonyl (C=O) groups excluding carboxylic acids is 1. The summed E-state index contributed by atoms with van der Waals surface area (Å²) in [4.78, 5) is 22.3. The van der Waals surface area contributed by atoms with Crippen LogP contribution in [0.3, 0.4) is 0 Å². The number of hydrogen-bond acceptors (Lipinski definition) is 4. The Morgan fingerprint density at radius 1 is 1.18 bits per heavy atom. The number of hydrogen-bond donors (Lipinski definition) is 2. The predicted molar refractivity (Wildman–Crippen MR) is 61.8 cm³/mol. The highest BCUT2D eigenvalue weighted by molar-refractivity contribution is 5.83. The van der Waals surface area contributed by atoms with E-state index in [1.54, 1.807) is 14.2 Å². The summed E-state index contributed by atoms with van der Waals surface area (Å²) in [5, 5.41) is 11.4. The van der Waals surface area contributed by atoms with Crippen LogP contribution < -0.4 is 5.32 Å². The minimum Gasteiger partial charge on any atom is -0.480 e. The number of methoxy groups -OCH3 is 2. The molecule has 0 heterocycles. The molecule has 17 heavy (non-hydrogen) atoms. The van der Waals surface area contributed by atoms with Crippen molar-refractivity contribution in [1.82, 2.24) is 5.32 Å². The molecule has 0 bridgehead atoms. The van der Waals surface area contributed by atoms with Crippen LogP contribution in [0.2, 0.25) is 0 Å². The number of carbonyl (C=O) groups is 2. The molecule has 0 fully saturated rings. The SMILES string of the molecule is COCCCC(=O)NC(CCCOC)C(=O)O. The zero-order chi connectivity index (χ0) is 13.1. The number of aliphatic carboxylic acids is 1. The highest BCUT2D eigenvalue weighted by Crippen LogP contribution is 2.00. The maximum Gasteiger partial charge on any atom is 0.326 e. The van der Waals surface area contributed by atoms with E-state index in [1.165, 1.54) is 0 Å². The summed E-state index contributed by atoms with van der Waals surface area (Å²) in [5.74, 6) is -1.27. The van der Waals surface area contributed by atoms with Crippen molar-refractivity contribution >= 4 is 11.9 Å². The fraction of sp³-hybridized carbons (Fsp3) is 0.818. The van der Waals surface area contributed by atoms with Gasteiger partial charge in [-0.15, -0.1) is 0 Å². The van der Waals surface area contributed by atoms with Gasteiger partial charge in [0, 0.05) is 33.9 Å². The van der Waals surface area contributed by atoms with Crippen molar-refractivity contribution in [3.63, 3.8) is 0 Å². The fourth-order valence-corrected chi connectivity index (χ4v) is 1.33. The normalized spacial score (nSPS) is 12.1. The summed E-state index contributed by atoms with van der Waals surface area (Å²) in [7, 11) is 3.11. The van der Waals surface area contributed by atoms with Gasteiger partial charge in [-0.2, -0.15) is 0 Å². The molecule has 0 rings (SSSR count). The Morgan fingerprint density at radius 2 is 1.76 bits per heavy atom. The summed E-state index contributed by atoms with van der Waals surface area (Å²) in [6, 6.07) is -0.833. The molecule has 0 radical (unpaired) electrons. The molecule has 0 spiro atoms. The van der Waals surface area contributed by atoms with Crippen molar-refractivity contribution in [2.45, 2.75) is 31.7 Å². The second kappa shape index (κ2) is 10.0. The van der Waals surface area contributed by atoms with Crippen molar-refractivity contribution in [3.8, 4) is 0 Å². The first-order valence-electron chi connectivity index (χ1n) is 5.61. The van der Waals surface area contributed by atoms with Gasteiger partial charge in [0.05, 0.1) is 0 Å². The minimum absolute atomic E-state index is 0.258. The summed E-state index contributed by atoms with van der Waals surface area (Å²) >= 11 is 0. The molecular weight excluding hydrogens is 226 g/mol. The second-order valence-electron chi connectivity index (χ2n) is 3.69.